The van der Waals surface area contributed by atoms with Crippen LogP contribution in [0.3, 0.4) is 0 Å². The molecule has 0 aromatic heterocycles. The second-order valence-corrected chi connectivity index (χ2v) is 6.68. The molecule has 3 nitrogen and oxygen atoms in total. The van der Waals surface area contributed by atoms with Gasteiger partial charge in [-0.1, -0.05) is 37.3 Å². The Balaban J connectivity index is 2.09. The maximum Gasteiger partial charge on any atom is 0.236 e. The predicted octanol–water partition coefficient (Wildman–Crippen LogP) is 2.72. The molecule has 0 bridgehead atoms. The minimum Gasteiger partial charge on any atom is -0.208 e. The maximum absolute atomic E-state index is 12.1. The molecule has 1 aromatic carbocycles. The zero-order valence-corrected chi connectivity index (χ0v) is 11.4. The van der Waals surface area contributed by atoms with Crippen LogP contribution in [0.25, 0.3) is 6.08 Å². The first-order valence-electron chi connectivity index (χ1n) is 6.31. The van der Waals surface area contributed by atoms with Gasteiger partial charge in [-0.2, -0.15) is 4.31 Å². The number of rotatable bonds is 3. The van der Waals surface area contributed by atoms with Gasteiger partial charge in [0.1, 0.15) is 0 Å². The third-order valence-electron chi connectivity index (χ3n) is 3.21. The topological polar surface area (TPSA) is 37.4 Å². The van der Waals surface area contributed by atoms with Gasteiger partial charge in [-0.3, -0.25) is 0 Å². The van der Waals surface area contributed by atoms with Crippen molar-refractivity contribution in [2.24, 2.45) is 5.92 Å². The number of hydrogen-bond acceptors (Lipinski definition) is 2. The van der Waals surface area contributed by atoms with Gasteiger partial charge in [0, 0.05) is 18.5 Å². The lowest BCUT2D eigenvalue weighted by Crippen LogP contribution is -2.37. The van der Waals surface area contributed by atoms with Gasteiger partial charge in [0.05, 0.1) is 0 Å². The Hall–Kier alpha value is -1.13. The molecule has 0 amide bonds. The molecule has 0 spiro atoms. The summed E-state index contributed by atoms with van der Waals surface area (Å²) in [7, 11) is -3.26. The molecule has 1 atom stereocenters. The summed E-state index contributed by atoms with van der Waals surface area (Å²) in [5.41, 5.74) is 0.908. The first-order chi connectivity index (χ1) is 8.58. The normalized spacial score (nSPS) is 22.4. The van der Waals surface area contributed by atoms with Crippen LogP contribution >= 0.6 is 0 Å². The molecule has 1 aliphatic rings. The monoisotopic (exact) mass is 265 g/mol. The standard InChI is InChI=1S/C14H19NO2S/c1-13-6-5-10-15(12-13)18(16,17)11-9-14-7-3-2-4-8-14/h2-4,7-9,11,13H,5-6,10,12H2,1H3/b11-9+. The van der Waals surface area contributed by atoms with E-state index in [1.807, 2.05) is 30.3 Å². The van der Waals surface area contributed by atoms with Crippen LogP contribution in [0, 0.1) is 5.92 Å². The molecule has 1 aliphatic heterocycles. The number of benzene rings is 1. The average molecular weight is 265 g/mol. The van der Waals surface area contributed by atoms with Crippen molar-refractivity contribution in [3.63, 3.8) is 0 Å². The minimum absolute atomic E-state index is 0.457. The molecule has 1 fully saturated rings. The van der Waals surface area contributed by atoms with Crippen molar-refractivity contribution in [1.82, 2.24) is 4.31 Å². The summed E-state index contributed by atoms with van der Waals surface area (Å²) in [5, 5.41) is 1.32. The highest BCUT2D eigenvalue weighted by Crippen LogP contribution is 2.19. The van der Waals surface area contributed by atoms with Crippen molar-refractivity contribution in [2.75, 3.05) is 13.1 Å². The fraction of sp³-hybridized carbons (Fsp3) is 0.429. The van der Waals surface area contributed by atoms with Gasteiger partial charge in [0.25, 0.3) is 0 Å². The number of hydrogen-bond donors (Lipinski definition) is 0. The molecule has 0 radical (unpaired) electrons. The molecule has 0 saturated carbocycles. The van der Waals surface area contributed by atoms with E-state index in [4.69, 9.17) is 0 Å². The van der Waals surface area contributed by atoms with Crippen LogP contribution < -0.4 is 0 Å². The summed E-state index contributed by atoms with van der Waals surface area (Å²) in [6, 6.07) is 9.50. The van der Waals surface area contributed by atoms with Crippen LogP contribution in [0.15, 0.2) is 35.7 Å². The largest absolute Gasteiger partial charge is 0.236 e. The van der Waals surface area contributed by atoms with Crippen LogP contribution in [-0.4, -0.2) is 25.8 Å². The van der Waals surface area contributed by atoms with Crippen LogP contribution in [0.2, 0.25) is 0 Å². The van der Waals surface area contributed by atoms with E-state index < -0.39 is 10.0 Å². The Morgan fingerprint density at radius 1 is 1.28 bits per heavy atom. The zero-order chi connectivity index (χ0) is 13.0. The molecule has 2 rings (SSSR count). The molecule has 1 unspecified atom stereocenters. The summed E-state index contributed by atoms with van der Waals surface area (Å²) >= 11 is 0. The number of nitrogens with zero attached hydrogens (tertiary/aromatic N) is 1. The Morgan fingerprint density at radius 2 is 2.00 bits per heavy atom. The fourth-order valence-electron chi connectivity index (χ4n) is 2.19. The van der Waals surface area contributed by atoms with E-state index in [0.29, 0.717) is 19.0 Å². The lowest BCUT2D eigenvalue weighted by molar-refractivity contribution is 0.284. The third kappa shape index (κ3) is 3.43. The highest BCUT2D eigenvalue weighted by molar-refractivity contribution is 7.92. The summed E-state index contributed by atoms with van der Waals surface area (Å²) < 4.78 is 25.9. The van der Waals surface area contributed by atoms with Crippen LogP contribution in [0.5, 0.6) is 0 Å². The van der Waals surface area contributed by atoms with Gasteiger partial charge in [0.15, 0.2) is 0 Å². The lowest BCUT2D eigenvalue weighted by atomic mass is 10.0. The van der Waals surface area contributed by atoms with Crippen molar-refractivity contribution in [3.8, 4) is 0 Å². The highest BCUT2D eigenvalue weighted by Gasteiger charge is 2.24. The molecule has 0 N–H and O–H groups in total. The molecule has 98 valence electrons. The summed E-state index contributed by atoms with van der Waals surface area (Å²) in [6.45, 7) is 3.38. The average Bonchev–Trinajstić information content (AvgIpc) is 2.38. The molecule has 1 heterocycles. The number of sulfonamides is 1. The van der Waals surface area contributed by atoms with E-state index in [-0.39, 0.29) is 0 Å². The van der Waals surface area contributed by atoms with E-state index in [2.05, 4.69) is 6.92 Å². The summed E-state index contributed by atoms with van der Waals surface area (Å²) in [5.74, 6) is 0.457. The smallest absolute Gasteiger partial charge is 0.208 e. The van der Waals surface area contributed by atoms with Crippen LogP contribution in [0.4, 0.5) is 0 Å². The second kappa shape index (κ2) is 5.67. The third-order valence-corrected chi connectivity index (χ3v) is 4.74. The van der Waals surface area contributed by atoms with Crippen molar-refractivity contribution < 1.29 is 8.42 Å². The van der Waals surface area contributed by atoms with E-state index >= 15 is 0 Å². The van der Waals surface area contributed by atoms with Gasteiger partial charge < -0.3 is 0 Å². The Kier molecular flexibility index (Phi) is 4.19. The molecule has 0 aliphatic carbocycles. The van der Waals surface area contributed by atoms with Crippen molar-refractivity contribution >= 4 is 16.1 Å². The van der Waals surface area contributed by atoms with E-state index in [1.165, 1.54) is 5.41 Å². The molecule has 1 aromatic rings. The summed E-state index contributed by atoms with van der Waals surface area (Å²) in [4.78, 5) is 0. The van der Waals surface area contributed by atoms with Crippen molar-refractivity contribution in [1.29, 1.82) is 0 Å². The zero-order valence-electron chi connectivity index (χ0n) is 10.6. The van der Waals surface area contributed by atoms with Gasteiger partial charge in [-0.05, 0) is 30.4 Å². The van der Waals surface area contributed by atoms with Crippen molar-refractivity contribution in [3.05, 3.63) is 41.3 Å². The molecular formula is C14H19NO2S. The van der Waals surface area contributed by atoms with Crippen LogP contribution in [0.1, 0.15) is 25.3 Å². The van der Waals surface area contributed by atoms with Crippen LogP contribution in [-0.2, 0) is 10.0 Å². The molecule has 18 heavy (non-hydrogen) atoms. The first kappa shape index (κ1) is 13.3. The molecular weight excluding hydrogens is 246 g/mol. The highest BCUT2D eigenvalue weighted by atomic mass is 32.2. The predicted molar refractivity (Wildman–Crippen MR) is 74.4 cm³/mol. The Labute approximate surface area is 109 Å². The lowest BCUT2D eigenvalue weighted by Gasteiger charge is -2.28. The SMILES string of the molecule is CC1CCCN(S(=O)(=O)/C=C/c2ccccc2)C1. The quantitative estimate of drug-likeness (QED) is 0.842. The Morgan fingerprint density at radius 3 is 2.67 bits per heavy atom. The minimum atomic E-state index is -3.26. The fourth-order valence-corrected chi connectivity index (χ4v) is 3.54. The maximum atomic E-state index is 12.1. The Bertz CT molecular complexity index is 508. The van der Waals surface area contributed by atoms with Gasteiger partial charge in [-0.15, -0.1) is 0 Å². The van der Waals surface area contributed by atoms with E-state index in [0.717, 1.165) is 18.4 Å². The summed E-state index contributed by atoms with van der Waals surface area (Å²) in [6.07, 6.45) is 3.74. The van der Waals surface area contributed by atoms with Gasteiger partial charge in [-0.25, -0.2) is 8.42 Å². The molecule has 1 saturated heterocycles. The van der Waals surface area contributed by atoms with E-state index in [9.17, 15) is 8.42 Å². The van der Waals surface area contributed by atoms with Gasteiger partial charge in [0.2, 0.25) is 10.0 Å². The van der Waals surface area contributed by atoms with Crippen molar-refractivity contribution in [2.45, 2.75) is 19.8 Å². The second-order valence-electron chi connectivity index (χ2n) is 4.86. The number of piperidine rings is 1. The molecule has 4 heteroatoms. The van der Waals surface area contributed by atoms with Gasteiger partial charge >= 0.3 is 0 Å². The van der Waals surface area contributed by atoms with E-state index in [1.54, 1.807) is 10.4 Å². The first-order valence-corrected chi connectivity index (χ1v) is 7.81.